The van der Waals surface area contributed by atoms with E-state index in [1.54, 1.807) is 0 Å². The molecule has 96 valence electrons. The summed E-state index contributed by atoms with van der Waals surface area (Å²) in [7, 11) is 0. The van der Waals surface area contributed by atoms with Gasteiger partial charge < -0.3 is 10.2 Å². The van der Waals surface area contributed by atoms with Gasteiger partial charge >= 0.3 is 0 Å². The number of thioether (sulfide) groups is 1. The number of nitrogens with zero attached hydrogens (tertiary/aromatic N) is 2. The van der Waals surface area contributed by atoms with Crippen molar-refractivity contribution in [2.45, 2.75) is 6.54 Å². The number of nitrogens with one attached hydrogen (secondary N) is 1. The van der Waals surface area contributed by atoms with Crippen molar-refractivity contribution in [2.75, 3.05) is 37.7 Å². The monoisotopic (exact) mass is 261 g/mol. The van der Waals surface area contributed by atoms with Gasteiger partial charge in [0, 0.05) is 44.2 Å². The van der Waals surface area contributed by atoms with E-state index in [0.29, 0.717) is 0 Å². The quantitative estimate of drug-likeness (QED) is 0.819. The first-order chi connectivity index (χ1) is 8.88. The molecule has 1 aliphatic heterocycles. The molecule has 0 spiro atoms. The largest absolute Gasteiger partial charge is 0.311 e. The van der Waals surface area contributed by atoms with Crippen molar-refractivity contribution in [3.8, 4) is 6.07 Å². The van der Waals surface area contributed by atoms with E-state index in [9.17, 15) is 0 Å². The molecule has 0 atom stereocenters. The van der Waals surface area contributed by atoms with E-state index < -0.39 is 0 Å². The van der Waals surface area contributed by atoms with Crippen LogP contribution in [0.1, 0.15) is 11.1 Å². The van der Waals surface area contributed by atoms with Gasteiger partial charge in [0.25, 0.3) is 0 Å². The van der Waals surface area contributed by atoms with Crippen molar-refractivity contribution in [2.24, 2.45) is 0 Å². The van der Waals surface area contributed by atoms with E-state index in [-0.39, 0.29) is 0 Å². The fraction of sp³-hybridized carbons (Fsp3) is 0.500. The summed E-state index contributed by atoms with van der Waals surface area (Å²) in [6, 6.07) is 9.92. The lowest BCUT2D eigenvalue weighted by molar-refractivity contribution is 0.301. The lowest BCUT2D eigenvalue weighted by atomic mass is 10.1. The third kappa shape index (κ3) is 4.34. The predicted octanol–water partition coefficient (Wildman–Crippen LogP) is 1.70. The molecule has 0 aliphatic carbocycles. The van der Waals surface area contributed by atoms with Gasteiger partial charge in [0.05, 0.1) is 11.6 Å². The summed E-state index contributed by atoms with van der Waals surface area (Å²) in [5.41, 5.74) is 1.97. The average molecular weight is 261 g/mol. The fourth-order valence-electron chi connectivity index (χ4n) is 1.99. The van der Waals surface area contributed by atoms with E-state index in [0.717, 1.165) is 25.2 Å². The van der Waals surface area contributed by atoms with E-state index in [1.807, 2.05) is 36.0 Å². The molecule has 1 saturated heterocycles. The minimum Gasteiger partial charge on any atom is -0.311 e. The molecule has 1 fully saturated rings. The predicted molar refractivity (Wildman–Crippen MR) is 76.6 cm³/mol. The van der Waals surface area contributed by atoms with Crippen LogP contribution in [0.2, 0.25) is 0 Å². The standard InChI is InChI=1S/C14H19N3S/c15-11-13-1-3-14(4-2-13)12-16-5-6-17-7-9-18-10-8-17/h1-4,16H,5-10,12H2. The number of rotatable bonds is 5. The minimum absolute atomic E-state index is 0.726. The van der Waals surface area contributed by atoms with Crippen molar-refractivity contribution < 1.29 is 0 Å². The highest BCUT2D eigenvalue weighted by atomic mass is 32.2. The highest BCUT2D eigenvalue weighted by Gasteiger charge is 2.08. The van der Waals surface area contributed by atoms with Crippen molar-refractivity contribution in [3.05, 3.63) is 35.4 Å². The van der Waals surface area contributed by atoms with Crippen LogP contribution in [-0.2, 0) is 6.54 Å². The normalized spacial score (nSPS) is 16.4. The molecule has 0 amide bonds. The van der Waals surface area contributed by atoms with Crippen LogP contribution in [0.3, 0.4) is 0 Å². The third-order valence-corrected chi connectivity index (χ3v) is 4.06. The van der Waals surface area contributed by atoms with Crippen LogP contribution in [0.15, 0.2) is 24.3 Å². The van der Waals surface area contributed by atoms with Crippen LogP contribution in [-0.4, -0.2) is 42.6 Å². The molecule has 0 bridgehead atoms. The van der Waals surface area contributed by atoms with Gasteiger partial charge in [-0.2, -0.15) is 17.0 Å². The van der Waals surface area contributed by atoms with Crippen LogP contribution >= 0.6 is 11.8 Å². The fourth-order valence-corrected chi connectivity index (χ4v) is 2.97. The Kier molecular flexibility index (Phi) is 5.53. The van der Waals surface area contributed by atoms with Gasteiger partial charge in [0.1, 0.15) is 0 Å². The van der Waals surface area contributed by atoms with Crippen molar-refractivity contribution in [1.82, 2.24) is 10.2 Å². The summed E-state index contributed by atoms with van der Waals surface area (Å²) in [5.74, 6) is 2.55. The highest BCUT2D eigenvalue weighted by Crippen LogP contribution is 2.08. The van der Waals surface area contributed by atoms with Crippen LogP contribution in [0, 0.1) is 11.3 Å². The number of hydrogen-bond donors (Lipinski definition) is 1. The topological polar surface area (TPSA) is 39.1 Å². The average Bonchev–Trinajstić information content (AvgIpc) is 2.45. The van der Waals surface area contributed by atoms with Crippen LogP contribution in [0.25, 0.3) is 0 Å². The third-order valence-electron chi connectivity index (χ3n) is 3.12. The first-order valence-corrected chi connectivity index (χ1v) is 7.54. The van der Waals surface area contributed by atoms with Gasteiger partial charge in [-0.15, -0.1) is 0 Å². The van der Waals surface area contributed by atoms with Gasteiger partial charge in [-0.3, -0.25) is 0 Å². The molecular weight excluding hydrogens is 242 g/mol. The van der Waals surface area contributed by atoms with Crippen LogP contribution < -0.4 is 5.32 Å². The Morgan fingerprint density at radius 1 is 1.22 bits per heavy atom. The molecular formula is C14H19N3S. The summed E-state index contributed by atoms with van der Waals surface area (Å²) in [5, 5.41) is 12.2. The summed E-state index contributed by atoms with van der Waals surface area (Å²) >= 11 is 2.05. The molecule has 1 heterocycles. The van der Waals surface area contributed by atoms with Crippen molar-refractivity contribution in [3.63, 3.8) is 0 Å². The molecule has 3 nitrogen and oxygen atoms in total. The zero-order valence-electron chi connectivity index (χ0n) is 10.6. The molecule has 4 heteroatoms. The first kappa shape index (κ1) is 13.4. The number of nitriles is 1. The first-order valence-electron chi connectivity index (χ1n) is 6.38. The Bertz CT molecular complexity index is 390. The zero-order chi connectivity index (χ0) is 12.6. The Hall–Kier alpha value is -1.02. The summed E-state index contributed by atoms with van der Waals surface area (Å²) in [6.45, 7) is 5.50. The lowest BCUT2D eigenvalue weighted by Gasteiger charge is -2.26. The van der Waals surface area contributed by atoms with Gasteiger partial charge in [-0.1, -0.05) is 12.1 Å². The Balaban J connectivity index is 1.63. The molecule has 0 saturated carbocycles. The Morgan fingerprint density at radius 3 is 2.61 bits per heavy atom. The van der Waals surface area contributed by atoms with Crippen molar-refractivity contribution in [1.29, 1.82) is 5.26 Å². The van der Waals surface area contributed by atoms with E-state index in [1.165, 1.54) is 30.2 Å². The van der Waals surface area contributed by atoms with Crippen LogP contribution in [0.4, 0.5) is 0 Å². The molecule has 1 N–H and O–H groups in total. The molecule has 0 unspecified atom stereocenters. The van der Waals surface area contributed by atoms with Gasteiger partial charge in [0.15, 0.2) is 0 Å². The summed E-state index contributed by atoms with van der Waals surface area (Å²) in [6.07, 6.45) is 0. The molecule has 1 aromatic carbocycles. The zero-order valence-corrected chi connectivity index (χ0v) is 11.4. The van der Waals surface area contributed by atoms with Gasteiger partial charge in [-0.25, -0.2) is 0 Å². The Morgan fingerprint density at radius 2 is 1.94 bits per heavy atom. The minimum atomic E-state index is 0.726. The molecule has 1 aromatic rings. The second kappa shape index (κ2) is 7.42. The Labute approximate surface area is 113 Å². The summed E-state index contributed by atoms with van der Waals surface area (Å²) in [4.78, 5) is 2.52. The van der Waals surface area contributed by atoms with Gasteiger partial charge in [-0.05, 0) is 17.7 Å². The van der Waals surface area contributed by atoms with Crippen molar-refractivity contribution >= 4 is 11.8 Å². The molecule has 1 aliphatic rings. The molecule has 0 radical (unpaired) electrons. The second-order valence-electron chi connectivity index (χ2n) is 4.44. The lowest BCUT2D eigenvalue weighted by Crippen LogP contribution is -2.37. The smallest absolute Gasteiger partial charge is 0.0991 e. The maximum absolute atomic E-state index is 8.71. The second-order valence-corrected chi connectivity index (χ2v) is 5.66. The molecule has 2 rings (SSSR count). The number of hydrogen-bond acceptors (Lipinski definition) is 4. The van der Waals surface area contributed by atoms with Gasteiger partial charge in [0.2, 0.25) is 0 Å². The maximum Gasteiger partial charge on any atom is 0.0991 e. The summed E-state index contributed by atoms with van der Waals surface area (Å²) < 4.78 is 0. The van der Waals surface area contributed by atoms with E-state index in [4.69, 9.17) is 5.26 Å². The number of benzene rings is 1. The maximum atomic E-state index is 8.71. The van der Waals surface area contributed by atoms with E-state index in [2.05, 4.69) is 16.3 Å². The molecule has 18 heavy (non-hydrogen) atoms. The van der Waals surface area contributed by atoms with Crippen LogP contribution in [0.5, 0.6) is 0 Å². The van der Waals surface area contributed by atoms with E-state index >= 15 is 0 Å². The SMILES string of the molecule is N#Cc1ccc(CNCCN2CCSCC2)cc1. The molecule has 0 aromatic heterocycles. The highest BCUT2D eigenvalue weighted by molar-refractivity contribution is 7.99.